The van der Waals surface area contributed by atoms with Crippen LogP contribution in [0, 0.1) is 0 Å². The predicted octanol–water partition coefficient (Wildman–Crippen LogP) is 1.81. The van der Waals surface area contributed by atoms with E-state index >= 15 is 0 Å². The van der Waals surface area contributed by atoms with Gasteiger partial charge in [-0.1, -0.05) is 18.2 Å². The molecule has 0 radical (unpaired) electrons. The van der Waals surface area contributed by atoms with Crippen molar-refractivity contribution in [2.24, 2.45) is 0 Å². The van der Waals surface area contributed by atoms with E-state index in [1.165, 1.54) is 17.1 Å². The van der Waals surface area contributed by atoms with Crippen molar-refractivity contribution in [1.29, 1.82) is 0 Å². The summed E-state index contributed by atoms with van der Waals surface area (Å²) in [6, 6.07) is 9.18. The number of esters is 1. The maximum absolute atomic E-state index is 13.7. The van der Waals surface area contributed by atoms with E-state index in [0.717, 1.165) is 5.69 Å². The third-order valence-corrected chi connectivity index (χ3v) is 2.75. The lowest BCUT2D eigenvalue weighted by atomic mass is 10.1. The standard InChI is InChI=1S/C14H15FN2O3/c1-2-20-14(19)12(15)13(18)10-8-16-17(9-10)11-6-4-3-5-7-11/h3-9,12-13,18H,2H2,1H3. The lowest BCUT2D eigenvalue weighted by Crippen LogP contribution is -2.25. The van der Waals surface area contributed by atoms with Gasteiger partial charge in [0.1, 0.15) is 6.10 Å². The molecular weight excluding hydrogens is 263 g/mol. The largest absolute Gasteiger partial charge is 0.464 e. The van der Waals surface area contributed by atoms with Gasteiger partial charge in [0.15, 0.2) is 0 Å². The van der Waals surface area contributed by atoms with Crippen molar-refractivity contribution < 1.29 is 19.0 Å². The average molecular weight is 278 g/mol. The number of halogens is 1. The zero-order valence-corrected chi connectivity index (χ0v) is 10.9. The molecule has 106 valence electrons. The van der Waals surface area contributed by atoms with E-state index in [4.69, 9.17) is 0 Å². The zero-order valence-electron chi connectivity index (χ0n) is 10.9. The number of carbonyl (C=O) groups excluding carboxylic acids is 1. The van der Waals surface area contributed by atoms with E-state index in [9.17, 15) is 14.3 Å². The van der Waals surface area contributed by atoms with Crippen LogP contribution in [0.15, 0.2) is 42.7 Å². The number of aliphatic hydroxyl groups excluding tert-OH is 1. The van der Waals surface area contributed by atoms with Gasteiger partial charge in [0.05, 0.1) is 18.5 Å². The Kier molecular flexibility index (Phi) is 4.47. The second-order valence-electron chi connectivity index (χ2n) is 4.15. The van der Waals surface area contributed by atoms with Crippen LogP contribution in [0.1, 0.15) is 18.6 Å². The number of nitrogens with zero attached hydrogens (tertiary/aromatic N) is 2. The molecule has 2 atom stereocenters. The first-order valence-electron chi connectivity index (χ1n) is 6.22. The molecule has 0 aliphatic rings. The topological polar surface area (TPSA) is 64.3 Å². The number of carbonyl (C=O) groups is 1. The van der Waals surface area contributed by atoms with Gasteiger partial charge in [-0.05, 0) is 19.1 Å². The number of benzene rings is 1. The number of aromatic nitrogens is 2. The Balaban J connectivity index is 2.14. The molecule has 6 heteroatoms. The molecule has 0 spiro atoms. The molecule has 0 saturated carbocycles. The number of alkyl halides is 1. The molecular formula is C14H15FN2O3. The molecule has 0 saturated heterocycles. The molecule has 0 aliphatic heterocycles. The summed E-state index contributed by atoms with van der Waals surface area (Å²) in [5, 5.41) is 13.9. The van der Waals surface area contributed by atoms with E-state index in [-0.39, 0.29) is 12.2 Å². The number of aliphatic hydroxyl groups is 1. The van der Waals surface area contributed by atoms with E-state index in [1.807, 2.05) is 30.3 Å². The molecule has 1 aromatic heterocycles. The molecule has 5 nitrogen and oxygen atoms in total. The van der Waals surface area contributed by atoms with Gasteiger partial charge >= 0.3 is 5.97 Å². The van der Waals surface area contributed by atoms with Crippen LogP contribution in [0.5, 0.6) is 0 Å². The Morgan fingerprint density at radius 3 is 2.80 bits per heavy atom. The molecule has 1 heterocycles. The van der Waals surface area contributed by atoms with Crippen molar-refractivity contribution in [3.8, 4) is 5.69 Å². The third kappa shape index (κ3) is 3.03. The molecule has 2 rings (SSSR count). The molecule has 0 bridgehead atoms. The minimum atomic E-state index is -2.12. The molecule has 20 heavy (non-hydrogen) atoms. The first kappa shape index (κ1) is 14.2. The summed E-state index contributed by atoms with van der Waals surface area (Å²) in [4.78, 5) is 11.3. The van der Waals surface area contributed by atoms with Crippen LogP contribution in [0.2, 0.25) is 0 Å². The lowest BCUT2D eigenvalue weighted by molar-refractivity contribution is -0.153. The van der Waals surface area contributed by atoms with Crippen LogP contribution in [0.3, 0.4) is 0 Å². The number of ether oxygens (including phenoxy) is 1. The van der Waals surface area contributed by atoms with Gasteiger partial charge in [0.2, 0.25) is 6.17 Å². The van der Waals surface area contributed by atoms with E-state index in [2.05, 4.69) is 9.84 Å². The van der Waals surface area contributed by atoms with Gasteiger partial charge in [-0.25, -0.2) is 13.9 Å². The van der Waals surface area contributed by atoms with Crippen molar-refractivity contribution in [2.45, 2.75) is 19.2 Å². The van der Waals surface area contributed by atoms with Crippen LogP contribution in [0.4, 0.5) is 4.39 Å². The minimum absolute atomic E-state index is 0.0647. The second-order valence-corrected chi connectivity index (χ2v) is 4.15. The summed E-state index contributed by atoms with van der Waals surface area (Å²) in [5.41, 5.74) is 0.992. The van der Waals surface area contributed by atoms with Gasteiger partial charge in [-0.3, -0.25) is 0 Å². The highest BCUT2D eigenvalue weighted by atomic mass is 19.1. The summed E-state index contributed by atoms with van der Waals surface area (Å²) >= 11 is 0. The maximum atomic E-state index is 13.7. The Labute approximate surface area is 115 Å². The molecule has 0 amide bonds. The lowest BCUT2D eigenvalue weighted by Gasteiger charge is -2.12. The Hall–Kier alpha value is -2.21. The smallest absolute Gasteiger partial charge is 0.343 e. The summed E-state index contributed by atoms with van der Waals surface area (Å²) in [6.45, 7) is 1.64. The van der Waals surface area contributed by atoms with Gasteiger partial charge < -0.3 is 9.84 Å². The minimum Gasteiger partial charge on any atom is -0.464 e. The Morgan fingerprint density at radius 1 is 1.45 bits per heavy atom. The Morgan fingerprint density at radius 2 is 2.15 bits per heavy atom. The van der Waals surface area contributed by atoms with Gasteiger partial charge in [0.25, 0.3) is 0 Å². The van der Waals surface area contributed by atoms with Crippen LogP contribution in [-0.4, -0.2) is 33.6 Å². The highest BCUT2D eigenvalue weighted by molar-refractivity contribution is 5.75. The third-order valence-electron chi connectivity index (χ3n) is 2.75. The highest BCUT2D eigenvalue weighted by Gasteiger charge is 2.30. The predicted molar refractivity (Wildman–Crippen MR) is 70.1 cm³/mol. The van der Waals surface area contributed by atoms with Gasteiger partial charge in [-0.15, -0.1) is 0 Å². The zero-order chi connectivity index (χ0) is 14.5. The first-order chi connectivity index (χ1) is 9.63. The number of para-hydroxylation sites is 1. The second kappa shape index (κ2) is 6.29. The normalized spacial score (nSPS) is 13.8. The van der Waals surface area contributed by atoms with Crippen molar-refractivity contribution >= 4 is 5.97 Å². The fraction of sp³-hybridized carbons (Fsp3) is 0.286. The summed E-state index contributed by atoms with van der Waals surface area (Å²) in [6.07, 6.45) is -0.912. The first-order valence-corrected chi connectivity index (χ1v) is 6.22. The van der Waals surface area contributed by atoms with E-state index < -0.39 is 18.2 Å². The van der Waals surface area contributed by atoms with Gasteiger partial charge in [0, 0.05) is 11.8 Å². The van der Waals surface area contributed by atoms with Crippen molar-refractivity contribution in [3.63, 3.8) is 0 Å². The Bertz CT molecular complexity index is 571. The van der Waals surface area contributed by atoms with Crippen molar-refractivity contribution in [2.75, 3.05) is 6.61 Å². The van der Waals surface area contributed by atoms with Crippen LogP contribution < -0.4 is 0 Å². The monoisotopic (exact) mass is 278 g/mol. The van der Waals surface area contributed by atoms with E-state index in [1.54, 1.807) is 6.92 Å². The molecule has 2 aromatic rings. The van der Waals surface area contributed by atoms with E-state index in [0.29, 0.717) is 0 Å². The van der Waals surface area contributed by atoms with Crippen LogP contribution >= 0.6 is 0 Å². The van der Waals surface area contributed by atoms with Crippen molar-refractivity contribution in [1.82, 2.24) is 9.78 Å². The quantitative estimate of drug-likeness (QED) is 0.847. The molecule has 0 aliphatic carbocycles. The number of rotatable bonds is 5. The molecule has 0 fully saturated rings. The number of hydrogen-bond acceptors (Lipinski definition) is 4. The van der Waals surface area contributed by atoms with Crippen molar-refractivity contribution in [3.05, 3.63) is 48.3 Å². The maximum Gasteiger partial charge on any atom is 0.343 e. The average Bonchev–Trinajstić information content (AvgIpc) is 2.96. The van der Waals surface area contributed by atoms with Gasteiger partial charge in [-0.2, -0.15) is 5.10 Å². The van der Waals surface area contributed by atoms with Crippen LogP contribution in [-0.2, 0) is 9.53 Å². The molecule has 1 aromatic carbocycles. The highest BCUT2D eigenvalue weighted by Crippen LogP contribution is 2.21. The molecule has 2 unspecified atom stereocenters. The van der Waals surface area contributed by atoms with Crippen LogP contribution in [0.25, 0.3) is 5.69 Å². The number of hydrogen-bond donors (Lipinski definition) is 1. The SMILES string of the molecule is CCOC(=O)C(F)C(O)c1cnn(-c2ccccc2)c1. The fourth-order valence-electron chi connectivity index (χ4n) is 1.73. The summed E-state index contributed by atoms with van der Waals surface area (Å²) in [7, 11) is 0. The summed E-state index contributed by atoms with van der Waals surface area (Å²) < 4.78 is 19.7. The fourth-order valence-corrected chi connectivity index (χ4v) is 1.73. The molecule has 1 N–H and O–H groups in total. The summed E-state index contributed by atoms with van der Waals surface area (Å²) in [5.74, 6) is -1.08.